The fourth-order valence-electron chi connectivity index (χ4n) is 4.81. The van der Waals surface area contributed by atoms with Gasteiger partial charge in [0, 0.05) is 6.07 Å². The lowest BCUT2D eigenvalue weighted by atomic mass is 10.2. The molecule has 0 bridgehead atoms. The Morgan fingerprint density at radius 3 is 2.60 bits per heavy atom. The van der Waals surface area contributed by atoms with E-state index in [-0.39, 0.29) is 66.0 Å². The molecular weight excluding hydrogens is 688 g/mol. The van der Waals surface area contributed by atoms with E-state index in [4.69, 9.17) is 4.74 Å². The summed E-state index contributed by atoms with van der Waals surface area (Å²) in [6, 6.07) is 17.8. The highest BCUT2D eigenvalue weighted by atomic mass is 32.2. The number of hydrogen-bond acceptors (Lipinski definition) is 12. The predicted molar refractivity (Wildman–Crippen MR) is 177 cm³/mol. The van der Waals surface area contributed by atoms with Crippen LogP contribution in [-0.2, 0) is 14.8 Å². The fraction of sp³-hybridized carbons (Fsp3) is 0.100. The molecule has 1 fully saturated rings. The third kappa shape index (κ3) is 6.40. The second-order valence-corrected chi connectivity index (χ2v) is 13.9. The molecule has 4 aromatic carbocycles. The second-order valence-electron chi connectivity index (χ2n) is 10.1. The topological polar surface area (TPSA) is 193 Å². The van der Waals surface area contributed by atoms with E-state index in [1.165, 1.54) is 67.4 Å². The number of ether oxygens (including phenoxy) is 1. The first-order valence-corrected chi connectivity index (χ1v) is 17.1. The first-order valence-electron chi connectivity index (χ1n) is 13.8. The zero-order valence-electron chi connectivity index (χ0n) is 24.5. The van der Waals surface area contributed by atoms with Crippen LogP contribution in [-0.4, -0.2) is 53.1 Å². The minimum absolute atomic E-state index is 0.0251. The molecule has 0 radical (unpaired) electrons. The van der Waals surface area contributed by atoms with Gasteiger partial charge < -0.3 is 15.2 Å². The van der Waals surface area contributed by atoms with Gasteiger partial charge >= 0.3 is 0 Å². The molecule has 14 nitrogen and oxygen atoms in total. The molecule has 1 aliphatic heterocycles. The third-order valence-electron chi connectivity index (χ3n) is 7.08. The van der Waals surface area contributed by atoms with Crippen molar-refractivity contribution in [3.8, 4) is 11.5 Å². The highest BCUT2D eigenvalue weighted by Crippen LogP contribution is 2.40. The average molecular weight is 711 g/mol. The van der Waals surface area contributed by atoms with Gasteiger partial charge in [0.1, 0.15) is 28.4 Å². The van der Waals surface area contributed by atoms with Crippen LogP contribution >= 0.6 is 23.1 Å². The molecule has 0 spiro atoms. The van der Waals surface area contributed by atoms with Crippen molar-refractivity contribution in [3.05, 3.63) is 106 Å². The van der Waals surface area contributed by atoms with Gasteiger partial charge in [-0.25, -0.2) is 22.8 Å². The quantitative estimate of drug-likeness (QED) is 0.105. The van der Waals surface area contributed by atoms with Crippen molar-refractivity contribution in [2.45, 2.75) is 10.3 Å². The van der Waals surface area contributed by atoms with Crippen molar-refractivity contribution in [3.63, 3.8) is 0 Å². The van der Waals surface area contributed by atoms with Gasteiger partial charge in [-0.15, -0.1) is 11.8 Å². The number of nitro groups is 1. The van der Waals surface area contributed by atoms with E-state index < -0.39 is 32.0 Å². The van der Waals surface area contributed by atoms with Crippen LogP contribution in [0.15, 0.2) is 83.8 Å². The number of halogens is 1. The number of carbonyl (C=O) groups is 2. The van der Waals surface area contributed by atoms with Crippen LogP contribution < -0.4 is 20.2 Å². The first kappa shape index (κ1) is 32.5. The maximum Gasteiger partial charge on any atom is 0.292 e. The molecule has 2 amide bonds. The summed E-state index contributed by atoms with van der Waals surface area (Å²) in [4.78, 5) is 40.9. The maximum atomic E-state index is 15.0. The van der Waals surface area contributed by atoms with Crippen molar-refractivity contribution in [2.75, 3.05) is 22.9 Å². The number of nitro benzene ring substituents is 1. The molecule has 1 unspecified atom stereocenters. The van der Waals surface area contributed by atoms with Gasteiger partial charge in [0.25, 0.3) is 27.5 Å². The normalized spacial score (nSPS) is 14.6. The summed E-state index contributed by atoms with van der Waals surface area (Å²) in [5, 5.41) is 24.2. The number of aromatic nitrogens is 1. The zero-order chi connectivity index (χ0) is 34.2. The van der Waals surface area contributed by atoms with E-state index in [1.54, 1.807) is 18.2 Å². The summed E-state index contributed by atoms with van der Waals surface area (Å²) >= 11 is 2.05. The number of thiazole rings is 1. The standard InChI is InChI=1S/C30H23FN6O8S3/c1-45-24-13-10-18(14-19(24)28(40)34-36-25(39)15-46-29(36)16-6-8-17(38)9-7-16)48(43,44)35-30-33-22-12-11-20(31)26(27(22)47-30)32-21-4-2-3-5-23(21)37(41)42/h2-14,29,32,38H,15H2,1H3,(H,33,35)(H,34,40). The van der Waals surface area contributed by atoms with Crippen molar-refractivity contribution in [1.29, 1.82) is 0 Å². The molecule has 2 heterocycles. The number of aromatic hydroxyl groups is 1. The van der Waals surface area contributed by atoms with E-state index in [9.17, 15) is 37.6 Å². The number of carbonyl (C=O) groups excluding carboxylic acids is 2. The number of methoxy groups -OCH3 is 1. The summed E-state index contributed by atoms with van der Waals surface area (Å²) in [5.74, 6) is -1.80. The molecule has 1 saturated heterocycles. The Kier molecular flexibility index (Phi) is 8.78. The Labute approximate surface area is 279 Å². The van der Waals surface area contributed by atoms with E-state index in [0.717, 1.165) is 28.5 Å². The van der Waals surface area contributed by atoms with Gasteiger partial charge in [0.05, 0.1) is 44.1 Å². The fourth-order valence-corrected chi connectivity index (χ4v) is 8.13. The lowest BCUT2D eigenvalue weighted by Gasteiger charge is -2.25. The molecule has 1 atom stereocenters. The molecule has 0 aliphatic carbocycles. The Bertz CT molecular complexity index is 2200. The lowest BCUT2D eigenvalue weighted by molar-refractivity contribution is -0.383. The number of phenolic OH excluding ortho intramolecular Hbond substituents is 1. The van der Waals surface area contributed by atoms with Crippen LogP contribution in [0.25, 0.3) is 10.2 Å². The second kappa shape index (κ2) is 13.0. The monoisotopic (exact) mass is 710 g/mol. The Hall–Kier alpha value is -5.46. The number of sulfonamides is 1. The number of para-hydroxylation sites is 2. The highest BCUT2D eigenvalue weighted by molar-refractivity contribution is 8.00. The van der Waals surface area contributed by atoms with Crippen molar-refractivity contribution in [2.24, 2.45) is 0 Å². The van der Waals surface area contributed by atoms with Crippen molar-refractivity contribution >= 4 is 77.3 Å². The predicted octanol–water partition coefficient (Wildman–Crippen LogP) is 5.52. The van der Waals surface area contributed by atoms with E-state index in [2.05, 4.69) is 20.4 Å². The largest absolute Gasteiger partial charge is 0.508 e. The number of thioether (sulfide) groups is 1. The average Bonchev–Trinajstić information content (AvgIpc) is 3.64. The van der Waals surface area contributed by atoms with Crippen LogP contribution in [0, 0.1) is 15.9 Å². The van der Waals surface area contributed by atoms with Crippen LogP contribution in [0.2, 0.25) is 0 Å². The molecule has 246 valence electrons. The van der Waals surface area contributed by atoms with Gasteiger partial charge in [-0.1, -0.05) is 35.6 Å². The van der Waals surface area contributed by atoms with E-state index in [0.29, 0.717) is 5.56 Å². The molecule has 6 rings (SSSR count). The van der Waals surface area contributed by atoms with Crippen LogP contribution in [0.1, 0.15) is 21.3 Å². The molecular formula is C30H23FN6O8S3. The SMILES string of the molecule is COc1ccc(S(=O)(=O)Nc2nc3ccc(F)c(Nc4ccccc4[N+](=O)[O-])c3s2)cc1C(=O)NN1C(=O)CSC1c1ccc(O)cc1. The number of nitrogens with one attached hydrogen (secondary N) is 3. The molecule has 0 saturated carbocycles. The van der Waals surface area contributed by atoms with E-state index >= 15 is 0 Å². The maximum absolute atomic E-state index is 15.0. The van der Waals surface area contributed by atoms with Gasteiger partial charge in [0.2, 0.25) is 0 Å². The molecule has 18 heteroatoms. The number of phenols is 1. The Balaban J connectivity index is 1.27. The molecule has 5 aromatic rings. The summed E-state index contributed by atoms with van der Waals surface area (Å²) in [7, 11) is -3.09. The van der Waals surface area contributed by atoms with Crippen molar-refractivity contribution in [1.82, 2.24) is 15.4 Å². The summed E-state index contributed by atoms with van der Waals surface area (Å²) < 4.78 is 49.8. The minimum Gasteiger partial charge on any atom is -0.508 e. The minimum atomic E-state index is -4.39. The van der Waals surface area contributed by atoms with Gasteiger partial charge in [0.15, 0.2) is 5.13 Å². The number of anilines is 3. The number of hydrogen-bond donors (Lipinski definition) is 4. The Morgan fingerprint density at radius 1 is 1.12 bits per heavy atom. The molecule has 1 aliphatic rings. The van der Waals surface area contributed by atoms with Gasteiger partial charge in [-0.3, -0.25) is 29.9 Å². The third-order valence-corrected chi connectivity index (χ3v) is 10.8. The Morgan fingerprint density at radius 2 is 1.88 bits per heavy atom. The lowest BCUT2D eigenvalue weighted by Crippen LogP contribution is -2.44. The number of fused-ring (bicyclic) bond motifs is 1. The number of rotatable bonds is 10. The summed E-state index contributed by atoms with van der Waals surface area (Å²) in [6.07, 6.45) is 0. The molecule has 48 heavy (non-hydrogen) atoms. The smallest absolute Gasteiger partial charge is 0.292 e. The number of amides is 2. The van der Waals surface area contributed by atoms with Crippen LogP contribution in [0.4, 0.5) is 26.6 Å². The van der Waals surface area contributed by atoms with Gasteiger partial charge in [-0.2, -0.15) is 0 Å². The number of hydrazine groups is 1. The summed E-state index contributed by atoms with van der Waals surface area (Å²) in [5.41, 5.74) is 2.82. The van der Waals surface area contributed by atoms with E-state index in [1.807, 2.05) is 0 Å². The first-order chi connectivity index (χ1) is 22.9. The number of benzene rings is 4. The van der Waals surface area contributed by atoms with Gasteiger partial charge in [-0.05, 0) is 54.1 Å². The van der Waals surface area contributed by atoms with Crippen LogP contribution in [0.3, 0.4) is 0 Å². The van der Waals surface area contributed by atoms with Crippen molar-refractivity contribution < 1.29 is 37.2 Å². The molecule has 4 N–H and O–H groups in total. The number of nitrogens with zero attached hydrogens (tertiary/aromatic N) is 3. The van der Waals surface area contributed by atoms with Crippen LogP contribution in [0.5, 0.6) is 11.5 Å². The zero-order valence-corrected chi connectivity index (χ0v) is 27.0. The highest BCUT2D eigenvalue weighted by Gasteiger charge is 2.35. The summed E-state index contributed by atoms with van der Waals surface area (Å²) in [6.45, 7) is 0. The molecule has 1 aromatic heterocycles.